The minimum Gasteiger partial charge on any atom is -0.316 e. The van der Waals surface area contributed by atoms with Crippen LogP contribution in [-0.4, -0.2) is 21.2 Å². The number of benzene rings is 1. The van der Waals surface area contributed by atoms with E-state index in [0.29, 0.717) is 5.41 Å². The van der Waals surface area contributed by atoms with Crippen LogP contribution in [-0.2, 0) is 5.41 Å². The third-order valence-corrected chi connectivity index (χ3v) is 5.38. The quantitative estimate of drug-likeness (QED) is 0.724. The first-order valence-electron chi connectivity index (χ1n) is 7.20. The van der Waals surface area contributed by atoms with Crippen molar-refractivity contribution in [1.82, 2.24) is 5.32 Å². The highest BCUT2D eigenvalue weighted by atomic mass is 28.3. The molecule has 0 amide bonds. The predicted molar refractivity (Wildman–Crippen MR) is 85.1 cm³/mol. The fraction of sp³-hybridized carbons (Fsp3) is 0.625. The van der Waals surface area contributed by atoms with Crippen LogP contribution in [0.3, 0.4) is 0 Å². The fourth-order valence-corrected chi connectivity index (χ4v) is 5.50. The number of likely N-dealkylation sites (N-methyl/N-ethyl adjacent to an activating group) is 1. The molecule has 102 valence electrons. The van der Waals surface area contributed by atoms with Gasteiger partial charge in [0.05, 0.1) is 0 Å². The van der Waals surface area contributed by atoms with Gasteiger partial charge in [-0.3, -0.25) is 0 Å². The Morgan fingerprint density at radius 1 is 1.06 bits per heavy atom. The molecule has 0 bridgehead atoms. The molecule has 0 aliphatic rings. The molecule has 1 atom stereocenters. The van der Waals surface area contributed by atoms with Crippen molar-refractivity contribution >= 4 is 8.07 Å². The molecular weight excluding hydrogens is 234 g/mol. The maximum Gasteiger partial charge on any atom is 0.0451 e. The molecule has 0 spiro atoms. The Hall–Kier alpha value is -0.603. The highest BCUT2D eigenvalue weighted by molar-refractivity contribution is 6.76. The average Bonchev–Trinajstić information content (AvgIpc) is 2.34. The molecule has 18 heavy (non-hydrogen) atoms. The molecule has 0 aliphatic carbocycles. The largest absolute Gasteiger partial charge is 0.316 e. The van der Waals surface area contributed by atoms with Gasteiger partial charge < -0.3 is 5.32 Å². The summed E-state index contributed by atoms with van der Waals surface area (Å²) in [6.07, 6.45) is 1.22. The summed E-state index contributed by atoms with van der Waals surface area (Å²) in [7, 11) is -1.09. The lowest BCUT2D eigenvalue weighted by atomic mass is 9.79. The van der Waals surface area contributed by atoms with Gasteiger partial charge in [0.1, 0.15) is 0 Å². The maximum absolute atomic E-state index is 3.58. The summed E-state index contributed by atoms with van der Waals surface area (Å²) in [4.78, 5) is 0. The number of hydrogen-bond donors (Lipinski definition) is 1. The van der Waals surface area contributed by atoms with Crippen molar-refractivity contribution in [3.8, 4) is 0 Å². The van der Waals surface area contributed by atoms with Gasteiger partial charge in [0.2, 0.25) is 0 Å². The van der Waals surface area contributed by atoms with Crippen LogP contribution in [0.4, 0.5) is 0 Å². The topological polar surface area (TPSA) is 12.0 Å². The van der Waals surface area contributed by atoms with Crippen molar-refractivity contribution in [2.75, 3.05) is 13.1 Å². The highest BCUT2D eigenvalue weighted by Gasteiger charge is 2.34. The molecule has 1 unspecified atom stereocenters. The van der Waals surface area contributed by atoms with E-state index in [-0.39, 0.29) is 0 Å². The van der Waals surface area contributed by atoms with Gasteiger partial charge in [0.25, 0.3) is 0 Å². The van der Waals surface area contributed by atoms with Crippen LogP contribution < -0.4 is 5.32 Å². The normalized spacial score (nSPS) is 15.4. The van der Waals surface area contributed by atoms with E-state index >= 15 is 0 Å². The lowest BCUT2D eigenvalue weighted by molar-refractivity contribution is 0.417. The average molecular weight is 264 g/mol. The van der Waals surface area contributed by atoms with E-state index in [1.807, 2.05) is 0 Å². The van der Waals surface area contributed by atoms with Gasteiger partial charge in [-0.1, -0.05) is 63.8 Å². The van der Waals surface area contributed by atoms with Gasteiger partial charge in [-0.2, -0.15) is 0 Å². The molecule has 0 aliphatic heterocycles. The van der Waals surface area contributed by atoms with Crippen molar-refractivity contribution in [2.24, 2.45) is 0 Å². The van der Waals surface area contributed by atoms with E-state index in [1.165, 1.54) is 18.0 Å². The maximum atomic E-state index is 3.58. The second kappa shape index (κ2) is 6.53. The molecule has 1 rings (SSSR count). The number of hydrogen-bond acceptors (Lipinski definition) is 1. The first-order chi connectivity index (χ1) is 8.43. The van der Waals surface area contributed by atoms with Crippen LogP contribution in [0.2, 0.25) is 25.7 Å². The predicted octanol–water partition coefficient (Wildman–Crippen LogP) is 4.28. The van der Waals surface area contributed by atoms with E-state index in [4.69, 9.17) is 0 Å². The van der Waals surface area contributed by atoms with Crippen LogP contribution in [0.1, 0.15) is 25.8 Å². The van der Waals surface area contributed by atoms with Crippen LogP contribution in [0, 0.1) is 0 Å². The summed E-state index contributed by atoms with van der Waals surface area (Å²) in [5.74, 6) is 0. The van der Waals surface area contributed by atoms with Crippen LogP contribution in [0.15, 0.2) is 30.3 Å². The molecule has 0 fully saturated rings. The summed E-state index contributed by atoms with van der Waals surface area (Å²) in [6.45, 7) is 14.1. The minimum absolute atomic E-state index is 0.321. The van der Waals surface area contributed by atoms with Crippen molar-refractivity contribution in [2.45, 2.75) is 51.4 Å². The zero-order chi connectivity index (χ0) is 13.6. The molecule has 0 radical (unpaired) electrons. The van der Waals surface area contributed by atoms with Gasteiger partial charge in [0, 0.05) is 20.0 Å². The van der Waals surface area contributed by atoms with Gasteiger partial charge in [-0.05, 0) is 24.6 Å². The lowest BCUT2D eigenvalue weighted by Crippen LogP contribution is -2.43. The SMILES string of the molecule is CCNCC(CC)(C[Si](C)(C)C)c1ccccc1. The van der Waals surface area contributed by atoms with Crippen molar-refractivity contribution in [1.29, 1.82) is 0 Å². The second-order valence-corrected chi connectivity index (χ2v) is 12.0. The molecule has 1 nitrogen and oxygen atoms in total. The molecule has 0 aromatic heterocycles. The van der Waals surface area contributed by atoms with Crippen LogP contribution in [0.5, 0.6) is 0 Å². The third-order valence-electron chi connectivity index (χ3n) is 3.65. The Labute approximate surface area is 114 Å². The molecule has 1 N–H and O–H groups in total. The Morgan fingerprint density at radius 3 is 2.11 bits per heavy atom. The van der Waals surface area contributed by atoms with E-state index in [1.54, 1.807) is 0 Å². The molecule has 1 aromatic rings. The number of rotatable bonds is 7. The second-order valence-electron chi connectivity index (χ2n) is 6.52. The lowest BCUT2D eigenvalue weighted by Gasteiger charge is -2.38. The van der Waals surface area contributed by atoms with Crippen molar-refractivity contribution < 1.29 is 0 Å². The van der Waals surface area contributed by atoms with Crippen LogP contribution >= 0.6 is 0 Å². The Bertz CT molecular complexity index is 342. The summed E-state index contributed by atoms with van der Waals surface area (Å²) >= 11 is 0. The Morgan fingerprint density at radius 2 is 1.67 bits per heavy atom. The fourth-order valence-electron chi connectivity index (χ4n) is 2.89. The van der Waals surface area contributed by atoms with Gasteiger partial charge >= 0.3 is 0 Å². The van der Waals surface area contributed by atoms with Gasteiger partial charge in [0.15, 0.2) is 0 Å². The molecule has 0 heterocycles. The van der Waals surface area contributed by atoms with E-state index in [9.17, 15) is 0 Å². The minimum atomic E-state index is -1.09. The zero-order valence-electron chi connectivity index (χ0n) is 12.7. The van der Waals surface area contributed by atoms with Crippen LogP contribution in [0.25, 0.3) is 0 Å². The molecule has 0 saturated carbocycles. The van der Waals surface area contributed by atoms with E-state index in [0.717, 1.165) is 13.1 Å². The summed E-state index contributed by atoms with van der Waals surface area (Å²) in [5, 5.41) is 3.58. The number of nitrogens with one attached hydrogen (secondary N) is 1. The Balaban J connectivity index is 3.05. The monoisotopic (exact) mass is 263 g/mol. The van der Waals surface area contributed by atoms with E-state index in [2.05, 4.69) is 69.1 Å². The van der Waals surface area contributed by atoms with Crippen molar-refractivity contribution in [3.63, 3.8) is 0 Å². The summed E-state index contributed by atoms with van der Waals surface area (Å²) in [5.41, 5.74) is 1.83. The smallest absolute Gasteiger partial charge is 0.0451 e. The van der Waals surface area contributed by atoms with Crippen molar-refractivity contribution in [3.05, 3.63) is 35.9 Å². The first-order valence-corrected chi connectivity index (χ1v) is 10.9. The van der Waals surface area contributed by atoms with Gasteiger partial charge in [-0.15, -0.1) is 0 Å². The Kier molecular flexibility index (Phi) is 5.61. The molecular formula is C16H29NSi. The molecule has 1 aromatic carbocycles. The zero-order valence-corrected chi connectivity index (χ0v) is 13.7. The molecule has 2 heteroatoms. The highest BCUT2D eigenvalue weighted by Crippen LogP contribution is 2.36. The van der Waals surface area contributed by atoms with Gasteiger partial charge in [-0.25, -0.2) is 0 Å². The standard InChI is InChI=1S/C16H29NSi/c1-6-16(13-17-7-2,14-18(3,4)5)15-11-9-8-10-12-15/h8-12,17H,6-7,13-14H2,1-5H3. The third kappa shape index (κ3) is 4.25. The summed E-state index contributed by atoms with van der Waals surface area (Å²) in [6, 6.07) is 12.4. The molecule has 0 saturated heterocycles. The van der Waals surface area contributed by atoms with E-state index < -0.39 is 8.07 Å². The summed E-state index contributed by atoms with van der Waals surface area (Å²) < 4.78 is 0. The first kappa shape index (κ1) is 15.5.